The molecule has 0 radical (unpaired) electrons. The van der Waals surface area contributed by atoms with Crippen molar-refractivity contribution >= 4 is 8.58 Å². The number of unbranched alkanes of at least 4 members (excludes halogenated alkanes) is 1. The molecule has 0 fully saturated rings. The van der Waals surface area contributed by atoms with Gasteiger partial charge in [-0.3, -0.25) is 0 Å². The zero-order chi connectivity index (χ0) is 11.4. The van der Waals surface area contributed by atoms with E-state index in [2.05, 4.69) is 32.9 Å². The van der Waals surface area contributed by atoms with Crippen LogP contribution in [0, 0.1) is 5.92 Å². The van der Waals surface area contributed by atoms with Crippen LogP contribution in [0.1, 0.15) is 59.3 Å². The maximum absolute atomic E-state index is 2.45. The summed E-state index contributed by atoms with van der Waals surface area (Å²) in [5.74, 6) is 0.850. The molecule has 90 valence electrons. The van der Waals surface area contributed by atoms with Gasteiger partial charge in [0, 0.05) is 0 Å². The minimum absolute atomic E-state index is 0.850. The van der Waals surface area contributed by atoms with Gasteiger partial charge in [0.05, 0.1) is 0 Å². The molecule has 0 rings (SSSR count). The fraction of sp³-hybridized carbons (Fsp3) is 0.857. The van der Waals surface area contributed by atoms with Gasteiger partial charge < -0.3 is 0 Å². The average molecular weight is 228 g/mol. The third kappa shape index (κ3) is 10.5. The van der Waals surface area contributed by atoms with Crippen LogP contribution in [0.4, 0.5) is 0 Å². The highest BCUT2D eigenvalue weighted by molar-refractivity contribution is 7.37. The third-order valence-corrected chi connectivity index (χ3v) is 4.30. The van der Waals surface area contributed by atoms with E-state index >= 15 is 0 Å². The van der Waals surface area contributed by atoms with Gasteiger partial charge in [-0.1, -0.05) is 45.8 Å². The summed E-state index contributed by atoms with van der Waals surface area (Å²) in [6.45, 7) is 6.85. The summed E-state index contributed by atoms with van der Waals surface area (Å²) in [6, 6.07) is 0. The standard InChI is InChI=1S/C14H29P/c1-4-7-8-10-14(6-3)11-9-13-15-12-5-2/h8,10,14-15H,4-7,9,11-13H2,1-3H3. The second kappa shape index (κ2) is 12.2. The van der Waals surface area contributed by atoms with Crippen LogP contribution in [0.2, 0.25) is 0 Å². The molecule has 0 aromatic carbocycles. The fourth-order valence-electron chi connectivity index (χ4n) is 1.68. The van der Waals surface area contributed by atoms with Gasteiger partial charge in [0.25, 0.3) is 0 Å². The molecule has 2 unspecified atom stereocenters. The number of rotatable bonds is 10. The number of hydrogen-bond donors (Lipinski definition) is 0. The highest BCUT2D eigenvalue weighted by Crippen LogP contribution is 2.19. The van der Waals surface area contributed by atoms with Crippen molar-refractivity contribution in [3.05, 3.63) is 12.2 Å². The Bertz CT molecular complexity index is 140. The zero-order valence-electron chi connectivity index (χ0n) is 10.9. The van der Waals surface area contributed by atoms with Crippen molar-refractivity contribution in [2.45, 2.75) is 59.3 Å². The van der Waals surface area contributed by atoms with Crippen molar-refractivity contribution in [3.8, 4) is 0 Å². The van der Waals surface area contributed by atoms with Crippen molar-refractivity contribution in [3.63, 3.8) is 0 Å². The fourth-order valence-corrected chi connectivity index (χ4v) is 2.74. The SMILES string of the molecule is CCCC=CC(CC)CCCPCCC. The Morgan fingerprint density at radius 2 is 1.87 bits per heavy atom. The van der Waals surface area contributed by atoms with Crippen molar-refractivity contribution < 1.29 is 0 Å². The molecule has 2 atom stereocenters. The third-order valence-electron chi connectivity index (χ3n) is 2.74. The monoisotopic (exact) mass is 228 g/mol. The van der Waals surface area contributed by atoms with E-state index in [0.29, 0.717) is 0 Å². The van der Waals surface area contributed by atoms with Crippen molar-refractivity contribution in [1.29, 1.82) is 0 Å². The van der Waals surface area contributed by atoms with Crippen LogP contribution in [0.25, 0.3) is 0 Å². The lowest BCUT2D eigenvalue weighted by atomic mass is 10.00. The maximum Gasteiger partial charge on any atom is -0.0236 e. The molecule has 0 spiro atoms. The Morgan fingerprint density at radius 1 is 1.07 bits per heavy atom. The first-order valence-corrected chi connectivity index (χ1v) is 8.13. The van der Waals surface area contributed by atoms with Crippen molar-refractivity contribution in [1.82, 2.24) is 0 Å². The predicted octanol–water partition coefficient (Wildman–Crippen LogP) is 5.24. The summed E-state index contributed by atoms with van der Waals surface area (Å²) < 4.78 is 0. The molecule has 0 nitrogen and oxygen atoms in total. The van der Waals surface area contributed by atoms with Gasteiger partial charge in [0.1, 0.15) is 0 Å². The van der Waals surface area contributed by atoms with Crippen LogP contribution >= 0.6 is 8.58 Å². The van der Waals surface area contributed by atoms with Crippen LogP contribution in [0.5, 0.6) is 0 Å². The van der Waals surface area contributed by atoms with Crippen molar-refractivity contribution in [2.75, 3.05) is 12.3 Å². The molecule has 0 saturated carbocycles. The van der Waals surface area contributed by atoms with E-state index in [9.17, 15) is 0 Å². The van der Waals surface area contributed by atoms with E-state index in [0.717, 1.165) is 5.92 Å². The number of hydrogen-bond acceptors (Lipinski definition) is 0. The second-order valence-corrected chi connectivity index (χ2v) is 5.78. The molecule has 0 N–H and O–H groups in total. The lowest BCUT2D eigenvalue weighted by molar-refractivity contribution is 0.563. The Labute approximate surface area is 98.7 Å². The highest BCUT2D eigenvalue weighted by atomic mass is 31.1. The molecule has 0 aromatic heterocycles. The topological polar surface area (TPSA) is 0 Å². The van der Waals surface area contributed by atoms with Crippen LogP contribution in [0.3, 0.4) is 0 Å². The molecular formula is C14H29P. The summed E-state index contributed by atoms with van der Waals surface area (Å²) in [4.78, 5) is 0. The van der Waals surface area contributed by atoms with E-state index < -0.39 is 0 Å². The van der Waals surface area contributed by atoms with Gasteiger partial charge in [-0.2, -0.15) is 0 Å². The van der Waals surface area contributed by atoms with Gasteiger partial charge in [-0.15, -0.1) is 8.58 Å². The zero-order valence-corrected chi connectivity index (χ0v) is 11.9. The molecule has 0 saturated heterocycles. The predicted molar refractivity (Wildman–Crippen MR) is 75.4 cm³/mol. The molecule has 0 heterocycles. The minimum atomic E-state index is 0.850. The largest absolute Gasteiger partial charge is 0.122 e. The Hall–Kier alpha value is 0.170. The molecular weight excluding hydrogens is 199 g/mol. The lowest BCUT2D eigenvalue weighted by Crippen LogP contribution is -1.95. The van der Waals surface area contributed by atoms with Gasteiger partial charge in [-0.05, 0) is 43.9 Å². The molecule has 1 heteroatoms. The maximum atomic E-state index is 2.45. The summed E-state index contributed by atoms with van der Waals surface area (Å²) in [7, 11) is 1.21. The van der Waals surface area contributed by atoms with E-state index in [-0.39, 0.29) is 0 Å². The molecule has 0 aliphatic rings. The molecule has 0 aliphatic carbocycles. The molecule has 0 amide bonds. The second-order valence-electron chi connectivity index (χ2n) is 4.28. The molecule has 0 aromatic rings. The summed E-state index contributed by atoms with van der Waals surface area (Å²) in [6.07, 6.45) is 15.8. The smallest absolute Gasteiger partial charge is 0.0236 e. The Balaban J connectivity index is 3.43. The molecule has 15 heavy (non-hydrogen) atoms. The van der Waals surface area contributed by atoms with Crippen LogP contribution in [-0.4, -0.2) is 12.3 Å². The van der Waals surface area contributed by atoms with E-state index in [4.69, 9.17) is 0 Å². The molecule has 0 aliphatic heterocycles. The van der Waals surface area contributed by atoms with E-state index in [1.54, 1.807) is 0 Å². The Morgan fingerprint density at radius 3 is 2.47 bits per heavy atom. The highest BCUT2D eigenvalue weighted by Gasteiger charge is 2.00. The minimum Gasteiger partial charge on any atom is -0.122 e. The molecule has 0 bridgehead atoms. The van der Waals surface area contributed by atoms with Gasteiger partial charge in [0.15, 0.2) is 0 Å². The van der Waals surface area contributed by atoms with Crippen LogP contribution in [0.15, 0.2) is 12.2 Å². The van der Waals surface area contributed by atoms with Crippen LogP contribution < -0.4 is 0 Å². The van der Waals surface area contributed by atoms with Gasteiger partial charge in [0.2, 0.25) is 0 Å². The first-order chi connectivity index (χ1) is 7.35. The van der Waals surface area contributed by atoms with E-state index in [1.807, 2.05) is 0 Å². The van der Waals surface area contributed by atoms with Crippen LogP contribution in [-0.2, 0) is 0 Å². The average Bonchev–Trinajstić information content (AvgIpc) is 2.26. The van der Waals surface area contributed by atoms with Crippen molar-refractivity contribution in [2.24, 2.45) is 5.92 Å². The van der Waals surface area contributed by atoms with Gasteiger partial charge in [-0.25, -0.2) is 0 Å². The lowest BCUT2D eigenvalue weighted by Gasteiger charge is -2.09. The van der Waals surface area contributed by atoms with Gasteiger partial charge >= 0.3 is 0 Å². The first-order valence-electron chi connectivity index (χ1n) is 6.72. The summed E-state index contributed by atoms with van der Waals surface area (Å²) in [5.41, 5.74) is 0. The first kappa shape index (κ1) is 15.2. The number of allylic oxidation sites excluding steroid dienone is 2. The summed E-state index contributed by atoms with van der Waals surface area (Å²) in [5, 5.41) is 0. The Kier molecular flexibility index (Phi) is 12.4. The quantitative estimate of drug-likeness (QED) is 0.272. The van der Waals surface area contributed by atoms with E-state index in [1.165, 1.54) is 59.4 Å². The normalized spacial score (nSPS) is 14.3. The summed E-state index contributed by atoms with van der Waals surface area (Å²) >= 11 is 0.